The van der Waals surface area contributed by atoms with Gasteiger partial charge in [0.15, 0.2) is 0 Å². The summed E-state index contributed by atoms with van der Waals surface area (Å²) in [5.41, 5.74) is 2.18. The van der Waals surface area contributed by atoms with Gasteiger partial charge in [0.2, 0.25) is 5.95 Å². The highest BCUT2D eigenvalue weighted by atomic mass is 127. The molecule has 1 aromatic carbocycles. The Morgan fingerprint density at radius 1 is 1.05 bits per heavy atom. The van der Waals surface area contributed by atoms with Crippen LogP contribution in [0.2, 0.25) is 0 Å². The fourth-order valence-corrected chi connectivity index (χ4v) is 5.00. The summed E-state index contributed by atoms with van der Waals surface area (Å²) in [5.74, 6) is 0.852. The normalized spacial score (nSPS) is 11.5. The summed E-state index contributed by atoms with van der Waals surface area (Å²) in [5, 5.41) is 3.34. The molecule has 0 unspecified atom stereocenters. The van der Waals surface area contributed by atoms with Gasteiger partial charge in [-0.2, -0.15) is 0 Å². The van der Waals surface area contributed by atoms with Gasteiger partial charge in [-0.05, 0) is 104 Å². The van der Waals surface area contributed by atoms with Gasteiger partial charge in [-0.3, -0.25) is 0 Å². The van der Waals surface area contributed by atoms with Crippen LogP contribution in [0.15, 0.2) is 0 Å². The van der Waals surface area contributed by atoms with Gasteiger partial charge in [0, 0.05) is 20.2 Å². The minimum absolute atomic E-state index is 0.852. The minimum Gasteiger partial charge on any atom is -0.355 e. The highest BCUT2D eigenvalue weighted by Crippen LogP contribution is 2.33. The van der Waals surface area contributed by atoms with Crippen LogP contribution in [0.1, 0.15) is 0 Å². The zero-order chi connectivity index (χ0) is 14.2. The first-order valence-corrected chi connectivity index (χ1v) is 9.83. The lowest BCUT2D eigenvalue weighted by molar-refractivity contribution is 0.425. The quantitative estimate of drug-likeness (QED) is 0.288. The van der Waals surface area contributed by atoms with E-state index in [1.54, 1.807) is 0 Å². The molecule has 0 radical (unpaired) electrons. The van der Waals surface area contributed by atoms with Crippen molar-refractivity contribution in [3.8, 4) is 0 Å². The Morgan fingerprint density at radius 3 is 2.32 bits per heavy atom. The van der Waals surface area contributed by atoms with Crippen LogP contribution in [0.25, 0.3) is 11.0 Å². The number of rotatable bonds is 4. The second-order valence-corrected chi connectivity index (χ2v) is 8.61. The molecule has 0 spiro atoms. The Morgan fingerprint density at radius 2 is 1.68 bits per heavy atom. The van der Waals surface area contributed by atoms with Gasteiger partial charge in [-0.15, -0.1) is 0 Å². The first-order chi connectivity index (χ1) is 8.91. The molecule has 1 aromatic heterocycles. The predicted octanol–water partition coefficient (Wildman–Crippen LogP) is 3.95. The van der Waals surface area contributed by atoms with Gasteiger partial charge in [0.25, 0.3) is 0 Å². The zero-order valence-electron chi connectivity index (χ0n) is 10.3. The van der Waals surface area contributed by atoms with E-state index in [1.165, 1.54) is 14.3 Å². The van der Waals surface area contributed by atoms with Gasteiger partial charge in [-0.1, -0.05) is 0 Å². The molecule has 0 aliphatic heterocycles. The molecule has 0 saturated heterocycles. The molecular weight excluding hydrogens is 696 g/mol. The Hall–Kier alpha value is 1.37. The highest BCUT2D eigenvalue weighted by molar-refractivity contribution is 14.1. The molecule has 0 bridgehead atoms. The maximum atomic E-state index is 4.67. The van der Waals surface area contributed by atoms with Gasteiger partial charge in [0.1, 0.15) is 5.52 Å². The van der Waals surface area contributed by atoms with E-state index in [2.05, 4.69) is 125 Å². The maximum Gasteiger partial charge on any atom is 0.201 e. The average molecular weight is 708 g/mol. The smallest absolute Gasteiger partial charge is 0.201 e. The molecule has 2 rings (SSSR count). The molecule has 0 saturated carbocycles. The Labute approximate surface area is 166 Å². The summed E-state index contributed by atoms with van der Waals surface area (Å²) >= 11 is 9.54. The zero-order valence-corrected chi connectivity index (χ0v) is 19.0. The van der Waals surface area contributed by atoms with Crippen molar-refractivity contribution in [2.24, 2.45) is 0 Å². The number of nitrogens with zero attached hydrogens (tertiary/aromatic N) is 2. The van der Waals surface area contributed by atoms with Crippen LogP contribution in [-0.2, 0) is 0 Å². The Kier molecular flexibility index (Phi) is 6.24. The fraction of sp³-hybridized carbons (Fsp3) is 0.364. The number of nitrogens with one attached hydrogen (secondary N) is 2. The molecule has 1 heterocycles. The SMILES string of the molecule is CN(C)CCNc1nc2c(I)c(I)c(I)c(I)c2[nH]1. The molecule has 19 heavy (non-hydrogen) atoms. The number of H-pyrrole nitrogens is 1. The second kappa shape index (κ2) is 7.09. The standard InChI is InChI=1S/C11H12I4N4/c1-19(2)4-3-16-11-17-9-7(14)5(12)6(13)8(15)10(9)18-11/h3-4H2,1-2H3,(H2,16,17,18). The molecule has 0 fully saturated rings. The third kappa shape index (κ3) is 3.77. The van der Waals surface area contributed by atoms with E-state index in [0.29, 0.717) is 0 Å². The van der Waals surface area contributed by atoms with Gasteiger partial charge < -0.3 is 15.2 Å². The second-order valence-electron chi connectivity index (χ2n) is 4.29. The topological polar surface area (TPSA) is 44.0 Å². The Balaban J connectivity index is 2.35. The molecule has 0 aliphatic rings. The summed E-state index contributed by atoms with van der Waals surface area (Å²) in [6, 6.07) is 0. The van der Waals surface area contributed by atoms with Crippen LogP contribution in [0.3, 0.4) is 0 Å². The summed E-state index contributed by atoms with van der Waals surface area (Å²) in [7, 11) is 4.13. The molecule has 2 N–H and O–H groups in total. The number of hydrogen-bond acceptors (Lipinski definition) is 3. The maximum absolute atomic E-state index is 4.67. The van der Waals surface area contributed by atoms with Gasteiger partial charge in [-0.25, -0.2) is 4.98 Å². The van der Waals surface area contributed by atoms with E-state index in [9.17, 15) is 0 Å². The molecule has 4 nitrogen and oxygen atoms in total. The largest absolute Gasteiger partial charge is 0.355 e. The van der Waals surface area contributed by atoms with Crippen molar-refractivity contribution in [3.05, 3.63) is 14.3 Å². The number of likely N-dealkylation sites (N-methyl/N-ethyl adjacent to an activating group) is 1. The van der Waals surface area contributed by atoms with Crippen LogP contribution in [-0.4, -0.2) is 42.1 Å². The monoisotopic (exact) mass is 708 g/mol. The molecule has 8 heteroatoms. The van der Waals surface area contributed by atoms with Crippen molar-refractivity contribution in [1.82, 2.24) is 14.9 Å². The van der Waals surface area contributed by atoms with E-state index in [4.69, 9.17) is 0 Å². The lowest BCUT2D eigenvalue weighted by Crippen LogP contribution is -2.21. The van der Waals surface area contributed by atoms with Crippen molar-refractivity contribution in [1.29, 1.82) is 0 Å². The molecule has 2 aromatic rings. The number of hydrogen-bond donors (Lipinski definition) is 2. The van der Waals surface area contributed by atoms with Crippen LogP contribution < -0.4 is 5.32 Å². The van der Waals surface area contributed by atoms with Crippen LogP contribution in [0, 0.1) is 14.3 Å². The van der Waals surface area contributed by atoms with E-state index in [-0.39, 0.29) is 0 Å². The van der Waals surface area contributed by atoms with Crippen molar-refractivity contribution in [2.75, 3.05) is 32.5 Å². The number of halogens is 4. The van der Waals surface area contributed by atoms with Crippen LogP contribution in [0.5, 0.6) is 0 Å². The number of benzene rings is 1. The van der Waals surface area contributed by atoms with Gasteiger partial charge >= 0.3 is 0 Å². The first-order valence-electron chi connectivity index (χ1n) is 5.52. The Bertz CT molecular complexity index is 563. The molecule has 0 aliphatic carbocycles. The number of fused-ring (bicyclic) bond motifs is 1. The van der Waals surface area contributed by atoms with E-state index in [0.717, 1.165) is 30.1 Å². The average Bonchev–Trinajstić information content (AvgIpc) is 2.77. The summed E-state index contributed by atoms with van der Waals surface area (Å²) in [6.07, 6.45) is 0. The number of imidazole rings is 1. The third-order valence-electron chi connectivity index (χ3n) is 2.56. The molecular formula is C11H12I4N4. The van der Waals surface area contributed by atoms with Gasteiger partial charge in [0.05, 0.1) is 12.7 Å². The molecule has 0 atom stereocenters. The summed E-state index contributed by atoms with van der Waals surface area (Å²) < 4.78 is 5.03. The van der Waals surface area contributed by atoms with Crippen LogP contribution in [0.4, 0.5) is 5.95 Å². The van der Waals surface area contributed by atoms with Crippen LogP contribution >= 0.6 is 90.4 Å². The highest BCUT2D eigenvalue weighted by Gasteiger charge is 2.16. The lowest BCUT2D eigenvalue weighted by Gasteiger charge is -2.09. The van der Waals surface area contributed by atoms with Crippen molar-refractivity contribution in [2.45, 2.75) is 0 Å². The minimum atomic E-state index is 0.852. The molecule has 0 amide bonds. The predicted molar refractivity (Wildman–Crippen MR) is 114 cm³/mol. The molecule has 104 valence electrons. The fourth-order valence-electron chi connectivity index (χ4n) is 1.58. The summed E-state index contributed by atoms with van der Waals surface area (Å²) in [4.78, 5) is 10.2. The van der Waals surface area contributed by atoms with Crippen molar-refractivity contribution >= 4 is 107 Å². The number of aromatic amines is 1. The lowest BCUT2D eigenvalue weighted by atomic mass is 10.3. The number of anilines is 1. The van der Waals surface area contributed by atoms with Crippen molar-refractivity contribution < 1.29 is 0 Å². The van der Waals surface area contributed by atoms with E-state index < -0.39 is 0 Å². The van der Waals surface area contributed by atoms with Crippen molar-refractivity contribution in [3.63, 3.8) is 0 Å². The first kappa shape index (κ1) is 16.7. The summed E-state index contributed by atoms with van der Waals surface area (Å²) in [6.45, 7) is 1.87. The van der Waals surface area contributed by atoms with E-state index in [1.807, 2.05) is 0 Å². The third-order valence-corrected chi connectivity index (χ3v) is 9.94. The van der Waals surface area contributed by atoms with E-state index >= 15 is 0 Å². The number of aromatic nitrogens is 2.